The van der Waals surface area contributed by atoms with Gasteiger partial charge in [0.05, 0.1) is 5.54 Å². The molecule has 2 aliphatic heterocycles. The summed E-state index contributed by atoms with van der Waals surface area (Å²) in [5.41, 5.74) is 11.5. The van der Waals surface area contributed by atoms with Crippen molar-refractivity contribution >= 4 is 34.9 Å². The number of piperidine rings is 1. The lowest BCUT2D eigenvalue weighted by Crippen LogP contribution is -2.53. The molecule has 0 bridgehead atoms. The Labute approximate surface area is 183 Å². The molecule has 3 heterocycles. The van der Waals surface area contributed by atoms with Crippen LogP contribution in [0.5, 0.6) is 5.75 Å². The molecule has 0 aliphatic carbocycles. The minimum absolute atomic E-state index is 0.0342. The Balaban J connectivity index is 1.40. The van der Waals surface area contributed by atoms with E-state index < -0.39 is 5.78 Å². The predicted molar refractivity (Wildman–Crippen MR) is 115 cm³/mol. The van der Waals surface area contributed by atoms with Gasteiger partial charge < -0.3 is 32.1 Å². The van der Waals surface area contributed by atoms with Crippen LogP contribution in [0.1, 0.15) is 33.7 Å². The third-order valence-corrected chi connectivity index (χ3v) is 5.83. The molecule has 2 fully saturated rings. The van der Waals surface area contributed by atoms with Crippen LogP contribution in [0.25, 0.3) is 0 Å². The fourth-order valence-corrected chi connectivity index (χ4v) is 3.90. The smallest absolute Gasteiger partial charge is 0.253 e. The average molecular weight is 444 g/mol. The summed E-state index contributed by atoms with van der Waals surface area (Å²) >= 11 is 5.85. The van der Waals surface area contributed by atoms with Crippen molar-refractivity contribution in [1.29, 1.82) is 0 Å². The number of likely N-dealkylation sites (tertiary alicyclic amines) is 1. The van der Waals surface area contributed by atoms with E-state index in [1.54, 1.807) is 17.0 Å². The van der Waals surface area contributed by atoms with Crippen LogP contribution in [-0.2, 0) is 0 Å². The number of hydrogen-bond acceptors (Lipinski definition) is 9. The molecule has 10 nitrogen and oxygen atoms in total. The molecule has 4 rings (SSSR count). The number of carbonyl (C=O) groups excluding carboxylic acids is 2. The second kappa shape index (κ2) is 7.95. The largest absolute Gasteiger partial charge is 0.508 e. The van der Waals surface area contributed by atoms with Crippen LogP contribution < -0.4 is 22.1 Å². The molecule has 1 aromatic heterocycles. The lowest BCUT2D eigenvalue weighted by Gasteiger charge is -2.38. The van der Waals surface area contributed by atoms with Crippen LogP contribution in [0.3, 0.4) is 0 Å². The number of amides is 1. The van der Waals surface area contributed by atoms with E-state index in [1.807, 2.05) is 0 Å². The number of phenols is 1. The number of anilines is 2. The molecule has 7 N–H and O–H groups in total. The highest BCUT2D eigenvalue weighted by molar-refractivity contribution is 6.31. The van der Waals surface area contributed by atoms with Gasteiger partial charge in [0, 0.05) is 31.3 Å². The first-order valence-corrected chi connectivity index (χ1v) is 10.1. The number of nitrogens with zero attached hydrogens (tertiary/aromatic N) is 3. The van der Waals surface area contributed by atoms with Gasteiger partial charge >= 0.3 is 0 Å². The molecule has 11 heteroatoms. The number of aromatic nitrogens is 2. The van der Waals surface area contributed by atoms with Gasteiger partial charge in [-0.05, 0) is 37.1 Å². The van der Waals surface area contributed by atoms with Crippen LogP contribution in [0, 0.1) is 0 Å². The number of aromatic hydroxyl groups is 1. The maximum absolute atomic E-state index is 12.7. The molecule has 2 saturated heterocycles. The zero-order valence-electron chi connectivity index (χ0n) is 16.6. The van der Waals surface area contributed by atoms with Crippen molar-refractivity contribution in [3.8, 4) is 5.75 Å². The Hall–Kier alpha value is -3.53. The summed E-state index contributed by atoms with van der Waals surface area (Å²) < 4.78 is 0. The first kappa shape index (κ1) is 20.7. The van der Waals surface area contributed by atoms with E-state index in [2.05, 4.69) is 20.6 Å². The Bertz CT molecular complexity index is 1060. The van der Waals surface area contributed by atoms with Gasteiger partial charge in [0.2, 0.25) is 5.78 Å². The Morgan fingerprint density at radius 2 is 1.81 bits per heavy atom. The summed E-state index contributed by atoms with van der Waals surface area (Å²) in [7, 11) is 0. The van der Waals surface area contributed by atoms with E-state index >= 15 is 0 Å². The predicted octanol–water partition coefficient (Wildman–Crippen LogP) is 0.892. The maximum atomic E-state index is 12.7. The molecule has 1 spiro atoms. The topological polar surface area (TPSA) is 159 Å². The van der Waals surface area contributed by atoms with E-state index in [-0.39, 0.29) is 39.7 Å². The first-order chi connectivity index (χ1) is 14.8. The standard InChI is InChI=1S/C20H22ClN7O3/c21-16-18(23)26-17(22)15(25-16)13(30)9-14-24-10-20(27-14)5-7-28(8-6-20)19(31)11-1-3-12(29)4-2-11/h1-4,9,24,27,29H,5-8,10H2,(H4,22,23,26)/b14-9+. The number of benzene rings is 1. The van der Waals surface area contributed by atoms with Crippen molar-refractivity contribution in [1.82, 2.24) is 25.5 Å². The van der Waals surface area contributed by atoms with Gasteiger partial charge in [-0.25, -0.2) is 9.97 Å². The zero-order valence-corrected chi connectivity index (χ0v) is 17.3. The number of halogens is 1. The van der Waals surface area contributed by atoms with E-state index in [0.29, 0.717) is 43.9 Å². The molecule has 2 aromatic rings. The third kappa shape index (κ3) is 4.19. The number of phenolic OH excluding ortho intramolecular Hbond substituents is 1. The minimum Gasteiger partial charge on any atom is -0.508 e. The number of nitrogens with two attached hydrogens (primary N) is 2. The third-order valence-electron chi connectivity index (χ3n) is 5.55. The lowest BCUT2D eigenvalue weighted by molar-refractivity contribution is 0.0667. The van der Waals surface area contributed by atoms with Crippen LogP contribution in [-0.4, -0.2) is 56.8 Å². The fraction of sp³-hybridized carbons (Fsp3) is 0.300. The maximum Gasteiger partial charge on any atom is 0.253 e. The van der Waals surface area contributed by atoms with Gasteiger partial charge in [-0.15, -0.1) is 0 Å². The summed E-state index contributed by atoms with van der Waals surface area (Å²) in [4.78, 5) is 34.8. The van der Waals surface area contributed by atoms with Crippen LogP contribution in [0.2, 0.25) is 5.15 Å². The van der Waals surface area contributed by atoms with Crippen LogP contribution in [0.15, 0.2) is 36.2 Å². The number of hydrogen-bond donors (Lipinski definition) is 5. The summed E-state index contributed by atoms with van der Waals surface area (Å²) in [6.45, 7) is 1.76. The summed E-state index contributed by atoms with van der Waals surface area (Å²) in [5.74, 6) is 0.0427. The van der Waals surface area contributed by atoms with Crippen molar-refractivity contribution in [2.75, 3.05) is 31.1 Å². The van der Waals surface area contributed by atoms with E-state index in [4.69, 9.17) is 23.1 Å². The summed E-state index contributed by atoms with van der Waals surface area (Å²) in [6.07, 6.45) is 2.80. The first-order valence-electron chi connectivity index (χ1n) is 9.71. The average Bonchev–Trinajstić information content (AvgIpc) is 3.13. The van der Waals surface area contributed by atoms with E-state index in [0.717, 1.165) is 0 Å². The molecule has 0 atom stereocenters. The van der Waals surface area contributed by atoms with E-state index in [1.165, 1.54) is 18.2 Å². The van der Waals surface area contributed by atoms with Crippen molar-refractivity contribution < 1.29 is 14.7 Å². The summed E-state index contributed by atoms with van der Waals surface area (Å²) in [5, 5.41) is 15.9. The Morgan fingerprint density at radius 3 is 2.48 bits per heavy atom. The van der Waals surface area contributed by atoms with Crippen molar-refractivity contribution in [2.45, 2.75) is 18.4 Å². The molecular weight excluding hydrogens is 422 g/mol. The highest BCUT2D eigenvalue weighted by Crippen LogP contribution is 2.28. The quantitative estimate of drug-likeness (QED) is 0.343. The monoisotopic (exact) mass is 443 g/mol. The zero-order chi connectivity index (χ0) is 22.2. The minimum atomic E-state index is -0.445. The van der Waals surface area contributed by atoms with Crippen molar-refractivity contribution in [3.05, 3.63) is 52.6 Å². The Morgan fingerprint density at radius 1 is 1.13 bits per heavy atom. The molecule has 2 aliphatic rings. The van der Waals surface area contributed by atoms with Gasteiger partial charge in [-0.3, -0.25) is 9.59 Å². The Kier molecular flexibility index (Phi) is 5.32. The second-order valence-corrected chi connectivity index (χ2v) is 8.01. The van der Waals surface area contributed by atoms with Gasteiger partial charge in [-0.2, -0.15) is 0 Å². The second-order valence-electron chi connectivity index (χ2n) is 7.65. The van der Waals surface area contributed by atoms with Gasteiger partial charge in [0.1, 0.15) is 11.6 Å². The lowest BCUT2D eigenvalue weighted by atomic mass is 9.88. The number of nitrogen functional groups attached to an aromatic ring is 2. The molecule has 0 unspecified atom stereocenters. The molecular formula is C20H22ClN7O3. The SMILES string of the molecule is Nc1nc(N)c(C(=O)/C=C2\NCC3(CCN(C(=O)c4ccc(O)cc4)CC3)N2)nc1Cl. The molecule has 31 heavy (non-hydrogen) atoms. The molecule has 0 radical (unpaired) electrons. The van der Waals surface area contributed by atoms with Gasteiger partial charge in [0.25, 0.3) is 5.91 Å². The normalized spacial score (nSPS) is 18.6. The number of carbonyl (C=O) groups is 2. The highest BCUT2D eigenvalue weighted by Gasteiger charge is 2.40. The number of nitrogens with one attached hydrogen (secondary N) is 2. The van der Waals surface area contributed by atoms with Crippen molar-refractivity contribution in [3.63, 3.8) is 0 Å². The van der Waals surface area contributed by atoms with Crippen LogP contribution in [0.4, 0.5) is 11.6 Å². The van der Waals surface area contributed by atoms with E-state index in [9.17, 15) is 14.7 Å². The number of allylic oxidation sites excluding steroid dienone is 1. The van der Waals surface area contributed by atoms with Gasteiger partial charge in [0.15, 0.2) is 22.5 Å². The number of rotatable bonds is 3. The highest BCUT2D eigenvalue weighted by atomic mass is 35.5. The molecule has 162 valence electrons. The molecule has 1 aromatic carbocycles. The summed E-state index contributed by atoms with van der Waals surface area (Å²) in [6, 6.07) is 6.23. The van der Waals surface area contributed by atoms with Gasteiger partial charge in [-0.1, -0.05) is 11.6 Å². The molecule has 0 saturated carbocycles. The van der Waals surface area contributed by atoms with Crippen molar-refractivity contribution in [2.24, 2.45) is 0 Å². The fourth-order valence-electron chi connectivity index (χ4n) is 3.77. The molecule has 1 amide bonds. The number of ketones is 1. The van der Waals surface area contributed by atoms with Crippen LogP contribution >= 0.6 is 11.6 Å².